The fraction of sp³-hybridized carbons (Fsp3) is 0.286. The number of nitrogens with one attached hydrogen (secondary N) is 1. The van der Waals surface area contributed by atoms with Crippen molar-refractivity contribution >= 4 is 24.1 Å². The Hall–Kier alpha value is -2.57. The quantitative estimate of drug-likeness (QED) is 0.351. The predicted molar refractivity (Wildman–Crippen MR) is 72.2 cm³/mol. The topological polar surface area (TPSA) is 83.6 Å². The van der Waals surface area contributed by atoms with Gasteiger partial charge in [-0.3, -0.25) is 29.4 Å². The zero-order valence-electron chi connectivity index (χ0n) is 11.5. The van der Waals surface area contributed by atoms with Gasteiger partial charge in [0.25, 0.3) is 5.91 Å². The van der Waals surface area contributed by atoms with Crippen LogP contribution in [0.5, 0.6) is 0 Å². The van der Waals surface area contributed by atoms with Crippen LogP contribution in [0.1, 0.15) is 19.8 Å². The molecule has 112 valence electrons. The summed E-state index contributed by atoms with van der Waals surface area (Å²) in [5.41, 5.74) is -0.242. The fourth-order valence-electron chi connectivity index (χ4n) is 1.94. The summed E-state index contributed by atoms with van der Waals surface area (Å²) in [6, 6.07) is -1.15. The van der Waals surface area contributed by atoms with E-state index < -0.39 is 35.2 Å². The zero-order chi connectivity index (χ0) is 16.2. The molecule has 1 heterocycles. The van der Waals surface area contributed by atoms with Gasteiger partial charge in [0.1, 0.15) is 11.9 Å². The summed E-state index contributed by atoms with van der Waals surface area (Å²) in [4.78, 5) is 46.8. The third-order valence-electron chi connectivity index (χ3n) is 3.08. The molecule has 0 aromatic carbocycles. The highest BCUT2D eigenvalue weighted by molar-refractivity contribution is 6.08. The van der Waals surface area contributed by atoms with E-state index in [0.29, 0.717) is 4.90 Å². The molecule has 21 heavy (non-hydrogen) atoms. The van der Waals surface area contributed by atoms with E-state index in [9.17, 15) is 23.6 Å². The highest BCUT2D eigenvalue weighted by atomic mass is 19.1. The molecule has 1 fully saturated rings. The number of imide groups is 2. The van der Waals surface area contributed by atoms with Crippen molar-refractivity contribution in [3.05, 3.63) is 36.2 Å². The van der Waals surface area contributed by atoms with E-state index in [4.69, 9.17) is 0 Å². The summed E-state index contributed by atoms with van der Waals surface area (Å²) in [7, 11) is 0. The molecule has 1 rings (SSSR count). The van der Waals surface area contributed by atoms with Crippen LogP contribution in [0.3, 0.4) is 0 Å². The smallest absolute Gasteiger partial charge is 0.264 e. The first-order chi connectivity index (χ1) is 9.83. The minimum Gasteiger partial charge on any atom is -0.295 e. The summed E-state index contributed by atoms with van der Waals surface area (Å²) in [5.74, 6) is -3.28. The summed E-state index contributed by atoms with van der Waals surface area (Å²) < 4.78 is 13.5. The summed E-state index contributed by atoms with van der Waals surface area (Å²) in [6.45, 7) is 7.90. The lowest BCUT2D eigenvalue weighted by Gasteiger charge is -2.29. The molecule has 0 aliphatic carbocycles. The van der Waals surface area contributed by atoms with Gasteiger partial charge < -0.3 is 0 Å². The minimum atomic E-state index is -1.15. The van der Waals surface area contributed by atoms with Crippen LogP contribution >= 0.6 is 0 Å². The molecule has 0 aromatic heterocycles. The first-order valence-corrected chi connectivity index (χ1v) is 6.13. The predicted octanol–water partition coefficient (Wildman–Crippen LogP) is 0.762. The Morgan fingerprint density at radius 1 is 1.48 bits per heavy atom. The van der Waals surface area contributed by atoms with Gasteiger partial charge in [-0.05, 0) is 18.9 Å². The SMILES string of the molecule is C=C/C(C)=C(\C(=C)F)C(=O)N(C=O)C1CCC(=O)NC1=O. The molecule has 0 spiro atoms. The van der Waals surface area contributed by atoms with Crippen LogP contribution in [-0.4, -0.2) is 35.1 Å². The molecule has 1 aliphatic heterocycles. The molecule has 0 bridgehead atoms. The maximum atomic E-state index is 13.5. The average molecular weight is 294 g/mol. The minimum absolute atomic E-state index is 0.00563. The molecule has 1 unspecified atom stereocenters. The van der Waals surface area contributed by atoms with Crippen LogP contribution in [0.15, 0.2) is 36.2 Å². The van der Waals surface area contributed by atoms with E-state index >= 15 is 0 Å². The van der Waals surface area contributed by atoms with Gasteiger partial charge in [-0.1, -0.05) is 19.2 Å². The number of hydrogen-bond acceptors (Lipinski definition) is 4. The number of halogens is 1. The number of allylic oxidation sites excluding steroid dienone is 2. The van der Waals surface area contributed by atoms with E-state index in [0.717, 1.165) is 0 Å². The molecule has 6 nitrogen and oxygen atoms in total. The highest BCUT2D eigenvalue weighted by Crippen LogP contribution is 2.21. The lowest BCUT2D eigenvalue weighted by molar-refractivity contribution is -0.148. The number of piperidine rings is 1. The molecule has 7 heteroatoms. The van der Waals surface area contributed by atoms with Crippen molar-refractivity contribution in [1.29, 1.82) is 0 Å². The molecular weight excluding hydrogens is 279 g/mol. The Kier molecular flexibility index (Phi) is 5.29. The highest BCUT2D eigenvalue weighted by Gasteiger charge is 2.36. The lowest BCUT2D eigenvalue weighted by Crippen LogP contribution is -2.54. The molecule has 0 saturated carbocycles. The Balaban J connectivity index is 3.15. The Labute approximate surface area is 121 Å². The molecule has 4 amide bonds. The second-order valence-corrected chi connectivity index (χ2v) is 4.45. The van der Waals surface area contributed by atoms with Crippen LogP contribution in [-0.2, 0) is 19.2 Å². The third kappa shape index (κ3) is 3.50. The molecule has 0 aromatic rings. The van der Waals surface area contributed by atoms with Gasteiger partial charge in [0.15, 0.2) is 0 Å². The van der Waals surface area contributed by atoms with E-state index in [-0.39, 0.29) is 24.8 Å². The van der Waals surface area contributed by atoms with Crippen LogP contribution in [0.4, 0.5) is 4.39 Å². The Bertz CT molecular complexity index is 565. The standard InChI is InChI=1S/C14H15FN2O4/c1-4-8(2)12(9(3)15)14(21)17(7-18)10-5-6-11(19)16-13(10)20/h4,7,10H,1,3,5-6H2,2H3,(H,16,19,20)/b12-8+. The van der Waals surface area contributed by atoms with Crippen LogP contribution in [0.2, 0.25) is 0 Å². The van der Waals surface area contributed by atoms with Crippen molar-refractivity contribution in [2.45, 2.75) is 25.8 Å². The first-order valence-electron chi connectivity index (χ1n) is 6.13. The number of amides is 4. The summed E-state index contributed by atoms with van der Waals surface area (Å²) >= 11 is 0. The van der Waals surface area contributed by atoms with Crippen LogP contribution < -0.4 is 5.32 Å². The molecule has 1 saturated heterocycles. The molecule has 1 aliphatic rings. The second kappa shape index (κ2) is 6.74. The Morgan fingerprint density at radius 2 is 2.10 bits per heavy atom. The number of hydrogen-bond donors (Lipinski definition) is 1. The maximum Gasteiger partial charge on any atom is 0.264 e. The zero-order valence-corrected chi connectivity index (χ0v) is 11.5. The van der Waals surface area contributed by atoms with Gasteiger partial charge in [0.2, 0.25) is 18.2 Å². The van der Waals surface area contributed by atoms with Crippen molar-refractivity contribution in [2.75, 3.05) is 0 Å². The van der Waals surface area contributed by atoms with E-state index in [1.54, 1.807) is 0 Å². The van der Waals surface area contributed by atoms with Gasteiger partial charge in [0, 0.05) is 6.42 Å². The average Bonchev–Trinajstić information content (AvgIpc) is 2.41. The van der Waals surface area contributed by atoms with Gasteiger partial charge in [-0.25, -0.2) is 4.39 Å². The number of rotatable bonds is 5. The number of carbonyl (C=O) groups is 4. The largest absolute Gasteiger partial charge is 0.295 e. The normalized spacial score (nSPS) is 19.2. The Morgan fingerprint density at radius 3 is 2.52 bits per heavy atom. The summed E-state index contributed by atoms with van der Waals surface area (Å²) in [6.07, 6.45) is 1.37. The molecule has 1 atom stereocenters. The molecule has 1 N–H and O–H groups in total. The fourth-order valence-corrected chi connectivity index (χ4v) is 1.94. The summed E-state index contributed by atoms with van der Waals surface area (Å²) in [5, 5.41) is 2.03. The third-order valence-corrected chi connectivity index (χ3v) is 3.08. The van der Waals surface area contributed by atoms with Crippen molar-refractivity contribution in [3.63, 3.8) is 0 Å². The molecular formula is C14H15FN2O4. The van der Waals surface area contributed by atoms with Gasteiger partial charge in [0.05, 0.1) is 5.57 Å². The first kappa shape index (κ1) is 16.5. The van der Waals surface area contributed by atoms with E-state index in [1.165, 1.54) is 13.0 Å². The van der Waals surface area contributed by atoms with Crippen LogP contribution in [0.25, 0.3) is 0 Å². The van der Waals surface area contributed by atoms with Crippen molar-refractivity contribution < 1.29 is 23.6 Å². The van der Waals surface area contributed by atoms with E-state index in [1.807, 2.05) is 5.32 Å². The van der Waals surface area contributed by atoms with Gasteiger partial charge >= 0.3 is 0 Å². The van der Waals surface area contributed by atoms with Gasteiger partial charge in [-0.2, -0.15) is 0 Å². The van der Waals surface area contributed by atoms with Crippen molar-refractivity contribution in [2.24, 2.45) is 0 Å². The van der Waals surface area contributed by atoms with Crippen molar-refractivity contribution in [3.8, 4) is 0 Å². The molecule has 0 radical (unpaired) electrons. The van der Waals surface area contributed by atoms with Gasteiger partial charge in [-0.15, -0.1) is 0 Å². The maximum absolute atomic E-state index is 13.5. The number of nitrogens with zero attached hydrogens (tertiary/aromatic N) is 1. The van der Waals surface area contributed by atoms with Crippen molar-refractivity contribution in [1.82, 2.24) is 10.2 Å². The lowest BCUT2D eigenvalue weighted by atomic mass is 10.0. The monoisotopic (exact) mass is 294 g/mol. The second-order valence-electron chi connectivity index (χ2n) is 4.45. The van der Waals surface area contributed by atoms with Crippen LogP contribution in [0, 0.1) is 0 Å². The van der Waals surface area contributed by atoms with E-state index in [2.05, 4.69) is 13.2 Å². The number of carbonyl (C=O) groups excluding carboxylic acids is 4.